The van der Waals surface area contributed by atoms with Crippen molar-refractivity contribution in [2.45, 2.75) is 25.4 Å². The number of likely N-dealkylation sites (tertiary alicyclic amines) is 1. The number of piperidine rings is 1. The summed E-state index contributed by atoms with van der Waals surface area (Å²) in [7, 11) is -4.22. The van der Waals surface area contributed by atoms with Gasteiger partial charge in [0.1, 0.15) is 17.7 Å². The van der Waals surface area contributed by atoms with Gasteiger partial charge in [-0.3, -0.25) is 14.5 Å². The zero-order valence-corrected chi connectivity index (χ0v) is 24.7. The van der Waals surface area contributed by atoms with Gasteiger partial charge < -0.3 is 20.5 Å². The highest BCUT2D eigenvalue weighted by Crippen LogP contribution is 2.32. The smallest absolute Gasteiger partial charge is 0.320 e. The molecule has 0 radical (unpaired) electrons. The van der Waals surface area contributed by atoms with E-state index in [-0.39, 0.29) is 29.2 Å². The van der Waals surface area contributed by atoms with Crippen LogP contribution >= 0.6 is 11.6 Å². The lowest BCUT2D eigenvalue weighted by Crippen LogP contribution is -2.39. The quantitative estimate of drug-likeness (QED) is 0.189. The van der Waals surface area contributed by atoms with Crippen molar-refractivity contribution < 1.29 is 23.1 Å². The summed E-state index contributed by atoms with van der Waals surface area (Å²) in [6, 6.07) is 22.0. The molecule has 4 N–H and O–H groups in total. The second kappa shape index (κ2) is 14.4. The standard InChI is InChI=1S/C31H35ClN4O5S/c32-28-21-26(11-12-29(28)41-27-14-18-35(19-15-27)17-13-23-6-2-1-3-7-23)36(42(39,40)22-30(37)38)16-5-9-24-8-4-10-25(20-24)31(33)34/h1-12,20-21,27H,13-19,22H2,(H3,33,34)(H,37,38)/b9-5+. The van der Waals surface area contributed by atoms with E-state index in [1.807, 2.05) is 6.07 Å². The topological polar surface area (TPSA) is 137 Å². The number of nitrogens with zero attached hydrogens (tertiary/aromatic N) is 2. The number of ether oxygens (including phenoxy) is 1. The third kappa shape index (κ3) is 8.82. The van der Waals surface area contributed by atoms with E-state index in [0.717, 1.165) is 43.2 Å². The van der Waals surface area contributed by atoms with Crippen molar-refractivity contribution >= 4 is 45.2 Å². The highest BCUT2D eigenvalue weighted by Gasteiger charge is 2.26. The van der Waals surface area contributed by atoms with Crippen LogP contribution in [-0.4, -0.2) is 68.3 Å². The maximum absolute atomic E-state index is 13.0. The van der Waals surface area contributed by atoms with Gasteiger partial charge in [0, 0.05) is 25.2 Å². The Morgan fingerprint density at radius 2 is 1.83 bits per heavy atom. The molecule has 11 heteroatoms. The Bertz CT molecular complexity index is 1520. The lowest BCUT2D eigenvalue weighted by molar-refractivity contribution is -0.134. The SMILES string of the molecule is N=C(N)c1cccc(/C=C/CN(c2ccc(OC3CCN(CCc4ccccc4)CC3)c(Cl)c2)S(=O)(=O)CC(=O)O)c1. The molecule has 0 amide bonds. The van der Waals surface area contributed by atoms with Crippen LogP contribution in [0.2, 0.25) is 5.02 Å². The summed E-state index contributed by atoms with van der Waals surface area (Å²) in [5.74, 6) is -2.16. The zero-order chi connectivity index (χ0) is 30.1. The number of hydrogen-bond acceptors (Lipinski definition) is 6. The molecule has 0 bridgehead atoms. The number of sulfonamides is 1. The van der Waals surface area contributed by atoms with Crippen LogP contribution in [0.1, 0.15) is 29.5 Å². The highest BCUT2D eigenvalue weighted by atomic mass is 35.5. The molecule has 1 aliphatic rings. The number of halogens is 1. The molecule has 0 aromatic heterocycles. The average molecular weight is 611 g/mol. The maximum atomic E-state index is 13.0. The van der Waals surface area contributed by atoms with Gasteiger partial charge >= 0.3 is 5.97 Å². The van der Waals surface area contributed by atoms with Gasteiger partial charge in [0.2, 0.25) is 10.0 Å². The molecule has 1 saturated heterocycles. The first-order chi connectivity index (χ1) is 20.1. The number of aliphatic carboxylic acids is 1. The number of carboxylic acid groups (broad SMARTS) is 1. The summed E-state index contributed by atoms with van der Waals surface area (Å²) < 4.78 is 33.2. The van der Waals surface area contributed by atoms with E-state index in [1.165, 1.54) is 11.6 Å². The zero-order valence-electron chi connectivity index (χ0n) is 23.2. The third-order valence-corrected chi connectivity index (χ3v) is 8.95. The van der Waals surface area contributed by atoms with Crippen LogP contribution in [0.4, 0.5) is 5.69 Å². The Labute approximate surface area is 251 Å². The minimum atomic E-state index is -4.22. The third-order valence-electron chi connectivity index (χ3n) is 7.01. The van der Waals surface area contributed by atoms with E-state index in [9.17, 15) is 18.3 Å². The van der Waals surface area contributed by atoms with Crippen LogP contribution in [0, 0.1) is 5.41 Å². The molecule has 4 rings (SSSR count). The number of benzene rings is 3. The first kappa shape index (κ1) is 31.1. The van der Waals surface area contributed by atoms with Crippen molar-refractivity contribution in [3.8, 4) is 5.75 Å². The number of nitrogens with one attached hydrogen (secondary N) is 1. The number of carbonyl (C=O) groups is 1. The van der Waals surface area contributed by atoms with Crippen molar-refractivity contribution in [1.82, 2.24) is 4.90 Å². The van der Waals surface area contributed by atoms with E-state index < -0.39 is 21.7 Å². The fourth-order valence-electron chi connectivity index (χ4n) is 4.81. The van der Waals surface area contributed by atoms with Crippen LogP contribution in [0.3, 0.4) is 0 Å². The van der Waals surface area contributed by atoms with Crippen molar-refractivity contribution in [2.24, 2.45) is 5.73 Å². The fraction of sp³-hybridized carbons (Fsp3) is 0.290. The molecule has 0 spiro atoms. The summed E-state index contributed by atoms with van der Waals surface area (Å²) >= 11 is 6.55. The second-order valence-corrected chi connectivity index (χ2v) is 12.4. The van der Waals surface area contributed by atoms with Gasteiger partial charge in [-0.05, 0) is 54.7 Å². The molecule has 0 unspecified atom stereocenters. The Balaban J connectivity index is 1.41. The van der Waals surface area contributed by atoms with Gasteiger partial charge in [-0.25, -0.2) is 8.42 Å². The summed E-state index contributed by atoms with van der Waals surface area (Å²) in [6.07, 6.45) is 5.97. The van der Waals surface area contributed by atoms with E-state index in [0.29, 0.717) is 16.9 Å². The molecule has 222 valence electrons. The van der Waals surface area contributed by atoms with Gasteiger partial charge in [-0.1, -0.05) is 72.3 Å². The predicted molar refractivity (Wildman–Crippen MR) is 167 cm³/mol. The molecule has 1 aliphatic heterocycles. The average Bonchev–Trinajstić information content (AvgIpc) is 2.96. The largest absolute Gasteiger partial charge is 0.489 e. The summed E-state index contributed by atoms with van der Waals surface area (Å²) in [5, 5.41) is 17.1. The lowest BCUT2D eigenvalue weighted by Gasteiger charge is -2.32. The molecule has 1 fully saturated rings. The van der Waals surface area contributed by atoms with E-state index in [1.54, 1.807) is 48.6 Å². The molecule has 0 saturated carbocycles. The van der Waals surface area contributed by atoms with Gasteiger partial charge in [-0.2, -0.15) is 0 Å². The molecular formula is C31H35ClN4O5S. The second-order valence-electron chi connectivity index (χ2n) is 10.1. The van der Waals surface area contributed by atoms with Gasteiger partial charge in [0.25, 0.3) is 0 Å². The molecule has 0 atom stereocenters. The number of hydrogen-bond donors (Lipinski definition) is 3. The molecule has 3 aromatic rings. The van der Waals surface area contributed by atoms with E-state index >= 15 is 0 Å². The Hall–Kier alpha value is -3.86. The Morgan fingerprint density at radius 3 is 2.50 bits per heavy atom. The number of nitrogen functional groups attached to an aromatic ring is 1. The summed E-state index contributed by atoms with van der Waals surface area (Å²) in [5.41, 5.74) is 8.35. The molecule has 1 heterocycles. The first-order valence-corrected chi connectivity index (χ1v) is 15.6. The first-order valence-electron chi connectivity index (χ1n) is 13.7. The minimum absolute atomic E-state index is 0.0122. The number of rotatable bonds is 13. The molecule has 0 aliphatic carbocycles. The fourth-order valence-corrected chi connectivity index (χ4v) is 6.25. The van der Waals surface area contributed by atoms with E-state index in [4.69, 9.17) is 27.5 Å². The number of nitrogens with two attached hydrogens (primary N) is 1. The molecule has 42 heavy (non-hydrogen) atoms. The van der Waals surface area contributed by atoms with Gasteiger partial charge in [-0.15, -0.1) is 0 Å². The van der Waals surface area contributed by atoms with Crippen LogP contribution in [0.15, 0.2) is 78.9 Å². The minimum Gasteiger partial charge on any atom is -0.489 e. The highest BCUT2D eigenvalue weighted by molar-refractivity contribution is 7.93. The molecular weight excluding hydrogens is 576 g/mol. The number of carboxylic acids is 1. The predicted octanol–water partition coefficient (Wildman–Crippen LogP) is 4.64. The molecule has 9 nitrogen and oxygen atoms in total. The van der Waals surface area contributed by atoms with Crippen molar-refractivity contribution in [3.63, 3.8) is 0 Å². The van der Waals surface area contributed by atoms with Crippen LogP contribution in [0.5, 0.6) is 5.75 Å². The van der Waals surface area contributed by atoms with Crippen molar-refractivity contribution in [2.75, 3.05) is 36.2 Å². The van der Waals surface area contributed by atoms with Crippen LogP contribution in [0.25, 0.3) is 6.08 Å². The summed E-state index contributed by atoms with van der Waals surface area (Å²) in [4.78, 5) is 13.7. The molecule has 3 aromatic carbocycles. The number of amidine groups is 1. The van der Waals surface area contributed by atoms with Crippen molar-refractivity contribution in [1.29, 1.82) is 5.41 Å². The maximum Gasteiger partial charge on any atom is 0.320 e. The Kier molecular flexibility index (Phi) is 10.6. The number of anilines is 1. The lowest BCUT2D eigenvalue weighted by atomic mass is 10.1. The van der Waals surface area contributed by atoms with Gasteiger partial charge in [0.15, 0.2) is 5.75 Å². The summed E-state index contributed by atoms with van der Waals surface area (Å²) in [6.45, 7) is 2.69. The van der Waals surface area contributed by atoms with Crippen molar-refractivity contribution in [3.05, 3.63) is 101 Å². The monoisotopic (exact) mass is 610 g/mol. The Morgan fingerprint density at radius 1 is 1.10 bits per heavy atom. The normalized spacial score (nSPS) is 14.6. The van der Waals surface area contributed by atoms with Crippen LogP contribution in [-0.2, 0) is 21.2 Å². The van der Waals surface area contributed by atoms with Crippen LogP contribution < -0.4 is 14.8 Å². The van der Waals surface area contributed by atoms with E-state index in [2.05, 4.69) is 29.2 Å². The van der Waals surface area contributed by atoms with Gasteiger partial charge in [0.05, 0.1) is 17.3 Å².